The Morgan fingerprint density at radius 2 is 1.86 bits per heavy atom. The molecular weight excluding hydrogens is 176 g/mol. The predicted molar refractivity (Wildman–Crippen MR) is 58.5 cm³/mol. The largest absolute Gasteiger partial charge is 0.368 e. The van der Waals surface area contributed by atoms with E-state index in [1.807, 2.05) is 13.8 Å². The molecule has 82 valence electrons. The summed E-state index contributed by atoms with van der Waals surface area (Å²) in [7, 11) is 0. The van der Waals surface area contributed by atoms with Crippen molar-refractivity contribution in [3.8, 4) is 11.8 Å². The highest BCUT2D eigenvalue weighted by Gasteiger charge is 2.12. The summed E-state index contributed by atoms with van der Waals surface area (Å²) in [5.74, 6) is 6.41. The maximum Gasteiger partial charge on any atom is 0.154 e. The molecule has 0 spiro atoms. The molecule has 0 aromatic heterocycles. The topological polar surface area (TPSA) is 40.5 Å². The first-order valence-electron chi connectivity index (χ1n) is 5.42. The third-order valence-electron chi connectivity index (χ3n) is 2.24. The van der Waals surface area contributed by atoms with Crippen LogP contribution in [0.5, 0.6) is 0 Å². The van der Waals surface area contributed by atoms with Crippen molar-refractivity contribution in [3.05, 3.63) is 0 Å². The van der Waals surface area contributed by atoms with Gasteiger partial charge < -0.3 is 10.2 Å². The van der Waals surface area contributed by atoms with E-state index in [2.05, 4.69) is 18.8 Å². The summed E-state index contributed by atoms with van der Waals surface area (Å²) in [6.07, 6.45) is 2.82. The molecule has 0 aliphatic rings. The molecule has 2 unspecified atom stereocenters. The summed E-state index contributed by atoms with van der Waals surface area (Å²) < 4.78 is 0. The number of aliphatic hydroxyl groups is 2. The van der Waals surface area contributed by atoms with Gasteiger partial charge in [-0.1, -0.05) is 27.2 Å². The third-order valence-corrected chi connectivity index (χ3v) is 2.24. The predicted octanol–water partition coefficient (Wildman–Crippen LogP) is 2.15. The van der Waals surface area contributed by atoms with E-state index < -0.39 is 6.29 Å². The van der Waals surface area contributed by atoms with Crippen LogP contribution < -0.4 is 0 Å². The Balaban J connectivity index is 3.71. The molecule has 0 amide bonds. The summed E-state index contributed by atoms with van der Waals surface area (Å²) in [5.41, 5.74) is 0. The smallest absolute Gasteiger partial charge is 0.154 e. The highest BCUT2D eigenvalue weighted by Crippen LogP contribution is 2.13. The molecule has 0 radical (unpaired) electrons. The van der Waals surface area contributed by atoms with Crippen molar-refractivity contribution in [1.82, 2.24) is 0 Å². The maximum atomic E-state index is 8.89. The standard InChI is InChI=1S/C12H22O2/c1-4-5-6-7-8-10(2)9-11(3)12(13)14/h10-14H,4-6,9H2,1-3H3. The minimum atomic E-state index is -1.21. The fraction of sp³-hybridized carbons (Fsp3) is 0.833. The van der Waals surface area contributed by atoms with E-state index in [0.29, 0.717) is 0 Å². The zero-order valence-electron chi connectivity index (χ0n) is 9.45. The van der Waals surface area contributed by atoms with Crippen LogP contribution >= 0.6 is 0 Å². The number of rotatable bonds is 5. The fourth-order valence-electron chi connectivity index (χ4n) is 1.25. The van der Waals surface area contributed by atoms with Crippen LogP contribution in [0.1, 0.15) is 46.5 Å². The van der Waals surface area contributed by atoms with Crippen LogP contribution in [0.25, 0.3) is 0 Å². The molecule has 0 saturated heterocycles. The van der Waals surface area contributed by atoms with Crippen molar-refractivity contribution in [1.29, 1.82) is 0 Å². The van der Waals surface area contributed by atoms with E-state index in [4.69, 9.17) is 10.2 Å². The van der Waals surface area contributed by atoms with Crippen LogP contribution in [-0.4, -0.2) is 16.5 Å². The first-order chi connectivity index (χ1) is 6.57. The Morgan fingerprint density at radius 3 is 2.36 bits per heavy atom. The van der Waals surface area contributed by atoms with Crippen LogP contribution in [-0.2, 0) is 0 Å². The van der Waals surface area contributed by atoms with Gasteiger partial charge in [-0.05, 0) is 12.8 Å². The van der Waals surface area contributed by atoms with Crippen molar-refractivity contribution in [2.45, 2.75) is 52.7 Å². The highest BCUT2D eigenvalue weighted by molar-refractivity contribution is 5.02. The van der Waals surface area contributed by atoms with E-state index in [1.165, 1.54) is 6.42 Å². The van der Waals surface area contributed by atoms with Gasteiger partial charge in [-0.15, -0.1) is 11.8 Å². The first kappa shape index (κ1) is 13.5. The van der Waals surface area contributed by atoms with Crippen molar-refractivity contribution in [2.24, 2.45) is 11.8 Å². The van der Waals surface area contributed by atoms with Crippen LogP contribution in [0.4, 0.5) is 0 Å². The SMILES string of the molecule is CCCCC#CC(C)CC(C)C(O)O. The van der Waals surface area contributed by atoms with Crippen molar-refractivity contribution < 1.29 is 10.2 Å². The molecule has 0 saturated carbocycles. The van der Waals surface area contributed by atoms with Gasteiger partial charge in [-0.25, -0.2) is 0 Å². The molecule has 14 heavy (non-hydrogen) atoms. The first-order valence-corrected chi connectivity index (χ1v) is 5.42. The zero-order chi connectivity index (χ0) is 11.0. The lowest BCUT2D eigenvalue weighted by Crippen LogP contribution is -2.18. The Morgan fingerprint density at radius 1 is 1.21 bits per heavy atom. The van der Waals surface area contributed by atoms with E-state index in [0.717, 1.165) is 19.3 Å². The van der Waals surface area contributed by atoms with Crippen molar-refractivity contribution in [3.63, 3.8) is 0 Å². The lowest BCUT2D eigenvalue weighted by molar-refractivity contribution is -0.0821. The van der Waals surface area contributed by atoms with Crippen LogP contribution in [0.15, 0.2) is 0 Å². The molecule has 0 fully saturated rings. The molecule has 0 aliphatic carbocycles. The average Bonchev–Trinajstić information content (AvgIpc) is 2.12. The molecule has 0 aliphatic heterocycles. The summed E-state index contributed by atoms with van der Waals surface area (Å²) in [6.45, 7) is 6.00. The van der Waals surface area contributed by atoms with Gasteiger partial charge in [0, 0.05) is 18.3 Å². The Kier molecular flexibility index (Phi) is 7.55. The number of unbranched alkanes of at least 4 members (excludes halogenated alkanes) is 2. The van der Waals surface area contributed by atoms with Gasteiger partial charge in [0.15, 0.2) is 6.29 Å². The molecule has 2 N–H and O–H groups in total. The van der Waals surface area contributed by atoms with Gasteiger partial charge in [0.25, 0.3) is 0 Å². The van der Waals surface area contributed by atoms with Crippen LogP contribution in [0, 0.1) is 23.7 Å². The Bertz CT molecular complexity index is 188. The summed E-state index contributed by atoms with van der Waals surface area (Å²) in [5, 5.41) is 17.8. The van der Waals surface area contributed by atoms with Gasteiger partial charge in [0.05, 0.1) is 0 Å². The molecule has 0 bridgehead atoms. The molecule has 2 heteroatoms. The summed E-state index contributed by atoms with van der Waals surface area (Å²) in [4.78, 5) is 0. The lowest BCUT2D eigenvalue weighted by Gasteiger charge is -2.14. The van der Waals surface area contributed by atoms with E-state index in [9.17, 15) is 0 Å². The average molecular weight is 198 g/mol. The zero-order valence-corrected chi connectivity index (χ0v) is 9.45. The molecule has 2 nitrogen and oxygen atoms in total. The van der Waals surface area contributed by atoms with Gasteiger partial charge >= 0.3 is 0 Å². The molecule has 0 rings (SSSR count). The van der Waals surface area contributed by atoms with E-state index >= 15 is 0 Å². The number of hydrogen-bond donors (Lipinski definition) is 2. The number of hydrogen-bond acceptors (Lipinski definition) is 2. The second-order valence-corrected chi connectivity index (χ2v) is 3.95. The lowest BCUT2D eigenvalue weighted by atomic mass is 9.97. The van der Waals surface area contributed by atoms with E-state index in [1.54, 1.807) is 0 Å². The normalized spacial score (nSPS) is 14.7. The van der Waals surface area contributed by atoms with Crippen molar-refractivity contribution in [2.75, 3.05) is 0 Å². The third kappa shape index (κ3) is 6.94. The minimum absolute atomic E-state index is 0.0922. The van der Waals surface area contributed by atoms with E-state index in [-0.39, 0.29) is 11.8 Å². The molecule has 0 aromatic carbocycles. The second kappa shape index (κ2) is 7.84. The second-order valence-electron chi connectivity index (χ2n) is 3.95. The number of aliphatic hydroxyl groups excluding tert-OH is 1. The Hall–Kier alpha value is -0.520. The molecule has 0 aromatic rings. The summed E-state index contributed by atoms with van der Waals surface area (Å²) in [6, 6.07) is 0. The van der Waals surface area contributed by atoms with Gasteiger partial charge in [0.1, 0.15) is 0 Å². The Labute approximate surface area is 87.3 Å². The molecular formula is C12H22O2. The minimum Gasteiger partial charge on any atom is -0.368 e. The van der Waals surface area contributed by atoms with Crippen molar-refractivity contribution >= 4 is 0 Å². The quantitative estimate of drug-likeness (QED) is 0.404. The molecule has 0 heterocycles. The van der Waals surface area contributed by atoms with Crippen LogP contribution in [0.3, 0.4) is 0 Å². The van der Waals surface area contributed by atoms with Gasteiger partial charge in [-0.3, -0.25) is 0 Å². The fourth-order valence-corrected chi connectivity index (χ4v) is 1.25. The van der Waals surface area contributed by atoms with Gasteiger partial charge in [-0.2, -0.15) is 0 Å². The molecule has 2 atom stereocenters. The maximum absolute atomic E-state index is 8.89. The monoisotopic (exact) mass is 198 g/mol. The van der Waals surface area contributed by atoms with Gasteiger partial charge in [0.2, 0.25) is 0 Å². The highest BCUT2D eigenvalue weighted by atomic mass is 16.5. The summed E-state index contributed by atoms with van der Waals surface area (Å²) >= 11 is 0. The van der Waals surface area contributed by atoms with Crippen LogP contribution in [0.2, 0.25) is 0 Å².